The first-order chi connectivity index (χ1) is 6.29. The van der Waals surface area contributed by atoms with Crippen molar-refractivity contribution in [2.45, 2.75) is 25.6 Å². The Hall–Kier alpha value is -0.610. The second-order valence-electron chi connectivity index (χ2n) is 3.59. The van der Waals surface area contributed by atoms with Crippen molar-refractivity contribution in [2.75, 3.05) is 26.3 Å². The number of aliphatic imine (C=N–C) groups is 1. The fourth-order valence-electron chi connectivity index (χ4n) is 1.66. The van der Waals surface area contributed by atoms with Gasteiger partial charge in [0.05, 0.1) is 25.6 Å². The molecule has 0 aromatic carbocycles. The number of hydrogen-bond donors (Lipinski definition) is 1. The normalized spacial score (nSPS) is 25.8. The minimum absolute atomic E-state index is 0.368. The topological polar surface area (TPSA) is 42.9 Å². The third kappa shape index (κ3) is 2.19. The Kier molecular flexibility index (Phi) is 2.51. The zero-order valence-corrected chi connectivity index (χ0v) is 8.01. The zero-order valence-electron chi connectivity index (χ0n) is 8.01. The van der Waals surface area contributed by atoms with Gasteiger partial charge in [0.25, 0.3) is 0 Å². The van der Waals surface area contributed by atoms with Crippen molar-refractivity contribution in [3.8, 4) is 0 Å². The highest BCUT2D eigenvalue weighted by molar-refractivity contribution is 5.83. The fraction of sp³-hybridized carbons (Fsp3) is 0.889. The second-order valence-corrected chi connectivity index (χ2v) is 3.59. The molecule has 4 heteroatoms. The minimum Gasteiger partial charge on any atom is -0.372 e. The summed E-state index contributed by atoms with van der Waals surface area (Å²) in [5.74, 6) is 0.729. The largest absolute Gasteiger partial charge is 0.372 e. The van der Waals surface area contributed by atoms with Crippen molar-refractivity contribution in [3.05, 3.63) is 0 Å². The van der Waals surface area contributed by atoms with Gasteiger partial charge in [-0.1, -0.05) is 0 Å². The summed E-state index contributed by atoms with van der Waals surface area (Å²) in [6, 6.07) is 0. The molecule has 0 aliphatic carbocycles. The van der Waals surface area contributed by atoms with Crippen LogP contribution >= 0.6 is 0 Å². The quantitative estimate of drug-likeness (QED) is 0.695. The van der Waals surface area contributed by atoms with Crippen LogP contribution in [0, 0.1) is 0 Å². The summed E-state index contributed by atoms with van der Waals surface area (Å²) in [5.41, 5.74) is 0. The van der Waals surface area contributed by atoms with E-state index in [9.17, 15) is 0 Å². The maximum atomic E-state index is 5.50. The van der Waals surface area contributed by atoms with E-state index in [0.717, 1.165) is 45.0 Å². The molecule has 4 nitrogen and oxygen atoms in total. The highest BCUT2D eigenvalue weighted by atomic mass is 16.7. The third-order valence-corrected chi connectivity index (χ3v) is 2.46. The van der Waals surface area contributed by atoms with Gasteiger partial charge in [0, 0.05) is 19.4 Å². The molecule has 0 aromatic heterocycles. The van der Waals surface area contributed by atoms with E-state index in [1.165, 1.54) is 0 Å². The van der Waals surface area contributed by atoms with Gasteiger partial charge in [0.2, 0.25) is 0 Å². The molecule has 1 fully saturated rings. The van der Waals surface area contributed by atoms with Crippen molar-refractivity contribution in [1.29, 1.82) is 0 Å². The smallest absolute Gasteiger partial charge is 0.166 e. The van der Waals surface area contributed by atoms with Crippen LogP contribution in [0.2, 0.25) is 0 Å². The molecule has 74 valence electrons. The lowest BCUT2D eigenvalue weighted by molar-refractivity contribution is -0.145. The molecule has 1 N–H and O–H groups in total. The first kappa shape index (κ1) is 8.97. The van der Waals surface area contributed by atoms with Crippen LogP contribution < -0.4 is 5.32 Å². The van der Waals surface area contributed by atoms with Gasteiger partial charge in [0.15, 0.2) is 5.79 Å². The molecule has 0 radical (unpaired) electrons. The third-order valence-electron chi connectivity index (χ3n) is 2.46. The predicted molar refractivity (Wildman–Crippen MR) is 49.8 cm³/mol. The Balaban J connectivity index is 1.77. The summed E-state index contributed by atoms with van der Waals surface area (Å²) in [7, 11) is 0. The molecule has 0 unspecified atom stereocenters. The van der Waals surface area contributed by atoms with Crippen molar-refractivity contribution < 1.29 is 9.47 Å². The summed E-state index contributed by atoms with van der Waals surface area (Å²) in [6.07, 6.45) is 1.81. The maximum Gasteiger partial charge on any atom is 0.166 e. The van der Waals surface area contributed by atoms with Gasteiger partial charge in [0.1, 0.15) is 0 Å². The number of hydrogen-bond acceptors (Lipinski definition) is 4. The molecule has 0 aromatic rings. The van der Waals surface area contributed by atoms with E-state index in [4.69, 9.17) is 9.47 Å². The van der Waals surface area contributed by atoms with E-state index in [0.29, 0.717) is 0 Å². The van der Waals surface area contributed by atoms with Crippen molar-refractivity contribution >= 4 is 5.84 Å². The Morgan fingerprint density at radius 3 is 2.85 bits per heavy atom. The highest BCUT2D eigenvalue weighted by Gasteiger charge is 2.30. The number of ether oxygens (including phenoxy) is 2. The van der Waals surface area contributed by atoms with Gasteiger partial charge in [-0.25, -0.2) is 0 Å². The zero-order chi connectivity index (χ0) is 9.15. The Morgan fingerprint density at radius 2 is 2.23 bits per heavy atom. The molecule has 0 saturated carbocycles. The van der Waals surface area contributed by atoms with Crippen LogP contribution in [-0.2, 0) is 9.47 Å². The molecular weight excluding hydrogens is 168 g/mol. The lowest BCUT2D eigenvalue weighted by Crippen LogP contribution is -2.28. The SMILES string of the molecule is CC1(CCC2=NCCN2)OCCO1. The Labute approximate surface area is 78.3 Å². The number of nitrogens with one attached hydrogen (secondary N) is 1. The molecule has 0 atom stereocenters. The lowest BCUT2D eigenvalue weighted by Gasteiger charge is -2.21. The van der Waals surface area contributed by atoms with Crippen LogP contribution in [0.25, 0.3) is 0 Å². The van der Waals surface area contributed by atoms with Gasteiger partial charge >= 0.3 is 0 Å². The van der Waals surface area contributed by atoms with E-state index < -0.39 is 0 Å². The van der Waals surface area contributed by atoms with Crippen molar-refractivity contribution in [3.63, 3.8) is 0 Å². The average molecular weight is 184 g/mol. The summed E-state index contributed by atoms with van der Waals surface area (Å²) in [6.45, 7) is 5.32. The average Bonchev–Trinajstić information content (AvgIpc) is 2.72. The molecule has 0 bridgehead atoms. The van der Waals surface area contributed by atoms with Gasteiger partial charge < -0.3 is 14.8 Å². The van der Waals surface area contributed by atoms with Crippen molar-refractivity contribution in [2.24, 2.45) is 4.99 Å². The second kappa shape index (κ2) is 3.64. The fourth-order valence-corrected chi connectivity index (χ4v) is 1.66. The van der Waals surface area contributed by atoms with Crippen LogP contribution in [0.5, 0.6) is 0 Å². The first-order valence-electron chi connectivity index (χ1n) is 4.84. The molecular formula is C9H16N2O2. The minimum atomic E-state index is -0.368. The van der Waals surface area contributed by atoms with E-state index in [2.05, 4.69) is 10.3 Å². The summed E-state index contributed by atoms with van der Waals surface area (Å²) in [5, 5.41) is 3.24. The van der Waals surface area contributed by atoms with Crippen LogP contribution in [-0.4, -0.2) is 37.9 Å². The van der Waals surface area contributed by atoms with Gasteiger partial charge in [-0.15, -0.1) is 0 Å². The molecule has 1 saturated heterocycles. The molecule has 2 rings (SSSR count). The lowest BCUT2D eigenvalue weighted by atomic mass is 10.1. The maximum absolute atomic E-state index is 5.50. The van der Waals surface area contributed by atoms with Gasteiger partial charge in [-0.2, -0.15) is 0 Å². The van der Waals surface area contributed by atoms with E-state index in [1.807, 2.05) is 6.92 Å². The predicted octanol–water partition coefficient (Wildman–Crippen LogP) is 0.531. The van der Waals surface area contributed by atoms with E-state index >= 15 is 0 Å². The first-order valence-corrected chi connectivity index (χ1v) is 4.84. The molecule has 0 spiro atoms. The molecule has 2 heterocycles. The van der Waals surface area contributed by atoms with Crippen LogP contribution in [0.15, 0.2) is 4.99 Å². The molecule has 2 aliphatic heterocycles. The van der Waals surface area contributed by atoms with Gasteiger partial charge in [-0.05, 0) is 6.92 Å². The molecule has 13 heavy (non-hydrogen) atoms. The Bertz CT molecular complexity index is 210. The number of nitrogens with zero attached hydrogens (tertiary/aromatic N) is 1. The Morgan fingerprint density at radius 1 is 1.46 bits per heavy atom. The summed E-state index contributed by atoms with van der Waals surface area (Å²) in [4.78, 5) is 4.32. The summed E-state index contributed by atoms with van der Waals surface area (Å²) < 4.78 is 11.0. The molecule has 2 aliphatic rings. The van der Waals surface area contributed by atoms with Crippen molar-refractivity contribution in [1.82, 2.24) is 5.32 Å². The monoisotopic (exact) mass is 184 g/mol. The van der Waals surface area contributed by atoms with Crippen LogP contribution in [0.1, 0.15) is 19.8 Å². The van der Waals surface area contributed by atoms with E-state index in [-0.39, 0.29) is 5.79 Å². The van der Waals surface area contributed by atoms with Gasteiger partial charge in [-0.3, -0.25) is 4.99 Å². The molecule has 0 amide bonds. The van der Waals surface area contributed by atoms with Crippen LogP contribution in [0.4, 0.5) is 0 Å². The standard InChI is InChI=1S/C9H16N2O2/c1-9(12-6-7-13-9)3-2-8-10-4-5-11-8/h2-7H2,1H3,(H,10,11). The van der Waals surface area contributed by atoms with Crippen LogP contribution in [0.3, 0.4) is 0 Å². The highest BCUT2D eigenvalue weighted by Crippen LogP contribution is 2.24. The summed E-state index contributed by atoms with van der Waals surface area (Å²) >= 11 is 0. The van der Waals surface area contributed by atoms with E-state index in [1.54, 1.807) is 0 Å². The number of rotatable bonds is 3. The number of amidine groups is 1.